The maximum absolute atomic E-state index is 10.6. The highest BCUT2D eigenvalue weighted by atomic mass is 32.2. The summed E-state index contributed by atoms with van der Waals surface area (Å²) in [7, 11) is 0. The quantitative estimate of drug-likeness (QED) is 0.692. The number of thioether (sulfide) groups is 1. The van der Waals surface area contributed by atoms with Crippen LogP contribution in [0, 0.1) is 0 Å². The number of aldehydes is 1. The van der Waals surface area contributed by atoms with Crippen molar-refractivity contribution in [3.8, 4) is 0 Å². The third kappa shape index (κ3) is 2.62. The molecular formula is C10H15NOS. The monoisotopic (exact) mass is 197 g/mol. The summed E-state index contributed by atoms with van der Waals surface area (Å²) < 4.78 is 2.17. The van der Waals surface area contributed by atoms with Crippen LogP contribution >= 0.6 is 11.8 Å². The number of rotatable bonds is 4. The van der Waals surface area contributed by atoms with Crippen LogP contribution < -0.4 is 0 Å². The van der Waals surface area contributed by atoms with E-state index in [-0.39, 0.29) is 4.75 Å². The van der Waals surface area contributed by atoms with Gasteiger partial charge in [-0.05, 0) is 32.2 Å². The molecule has 0 aliphatic carbocycles. The Balaban J connectivity index is 2.79. The minimum absolute atomic E-state index is 0.177. The minimum atomic E-state index is 0.177. The van der Waals surface area contributed by atoms with Gasteiger partial charge in [0.25, 0.3) is 0 Å². The number of hydrogen-bond donors (Lipinski definition) is 0. The fourth-order valence-electron chi connectivity index (χ4n) is 1.15. The number of aromatic nitrogens is 1. The van der Waals surface area contributed by atoms with Crippen LogP contribution in [0.15, 0.2) is 18.3 Å². The van der Waals surface area contributed by atoms with Crippen molar-refractivity contribution in [3.05, 3.63) is 24.0 Å². The summed E-state index contributed by atoms with van der Waals surface area (Å²) in [6.07, 6.45) is 4.93. The molecule has 0 N–H and O–H groups in total. The molecule has 13 heavy (non-hydrogen) atoms. The van der Waals surface area contributed by atoms with E-state index < -0.39 is 0 Å². The van der Waals surface area contributed by atoms with Crippen molar-refractivity contribution in [1.82, 2.24) is 4.57 Å². The predicted octanol–water partition coefficient (Wildman–Crippen LogP) is 2.44. The first-order valence-corrected chi connectivity index (χ1v) is 5.47. The Morgan fingerprint density at radius 1 is 1.62 bits per heavy atom. The molecule has 0 bridgehead atoms. The lowest BCUT2D eigenvalue weighted by molar-refractivity contribution is 0.111. The highest BCUT2D eigenvalue weighted by Crippen LogP contribution is 2.23. The van der Waals surface area contributed by atoms with E-state index in [1.807, 2.05) is 34.7 Å². The maximum Gasteiger partial charge on any atom is 0.166 e. The summed E-state index contributed by atoms with van der Waals surface area (Å²) in [5, 5.41) is 0. The highest BCUT2D eigenvalue weighted by molar-refractivity contribution is 7.99. The SMILES string of the molecule is CSC(C)(C)Cn1cccc1C=O. The second-order valence-electron chi connectivity index (χ2n) is 3.64. The molecule has 0 atom stereocenters. The van der Waals surface area contributed by atoms with Crippen LogP contribution in [0.1, 0.15) is 24.3 Å². The summed E-state index contributed by atoms with van der Waals surface area (Å²) >= 11 is 1.81. The zero-order valence-corrected chi connectivity index (χ0v) is 9.10. The lowest BCUT2D eigenvalue weighted by Gasteiger charge is -2.23. The van der Waals surface area contributed by atoms with Crippen LogP contribution in [0.2, 0.25) is 0 Å². The smallest absolute Gasteiger partial charge is 0.166 e. The Kier molecular flexibility index (Phi) is 3.20. The molecule has 0 spiro atoms. The van der Waals surface area contributed by atoms with Gasteiger partial charge in [0, 0.05) is 17.5 Å². The molecule has 0 saturated carbocycles. The lowest BCUT2D eigenvalue weighted by Crippen LogP contribution is -2.22. The molecule has 0 saturated heterocycles. The van der Waals surface area contributed by atoms with Gasteiger partial charge in [-0.3, -0.25) is 4.79 Å². The average molecular weight is 197 g/mol. The van der Waals surface area contributed by atoms with Crippen LogP contribution in [0.4, 0.5) is 0 Å². The van der Waals surface area contributed by atoms with Gasteiger partial charge in [-0.1, -0.05) is 0 Å². The van der Waals surface area contributed by atoms with Gasteiger partial charge < -0.3 is 4.57 Å². The molecule has 72 valence electrons. The second-order valence-corrected chi connectivity index (χ2v) is 5.16. The molecule has 1 aromatic heterocycles. The molecule has 0 aromatic carbocycles. The van der Waals surface area contributed by atoms with Crippen LogP contribution in [-0.2, 0) is 6.54 Å². The normalized spacial score (nSPS) is 11.6. The summed E-state index contributed by atoms with van der Waals surface area (Å²) in [6.45, 7) is 5.22. The van der Waals surface area contributed by atoms with Crippen molar-refractivity contribution in [2.45, 2.75) is 25.1 Å². The molecule has 0 fully saturated rings. The van der Waals surface area contributed by atoms with Gasteiger partial charge in [0.05, 0.1) is 5.69 Å². The van der Waals surface area contributed by atoms with E-state index in [0.29, 0.717) is 0 Å². The maximum atomic E-state index is 10.6. The molecule has 3 heteroatoms. The van der Waals surface area contributed by atoms with Crippen molar-refractivity contribution >= 4 is 18.0 Å². The highest BCUT2D eigenvalue weighted by Gasteiger charge is 2.17. The molecule has 0 aliphatic heterocycles. The average Bonchev–Trinajstić information content (AvgIpc) is 2.51. The summed E-state index contributed by atoms with van der Waals surface area (Å²) in [5.74, 6) is 0. The number of nitrogens with zero attached hydrogens (tertiary/aromatic N) is 1. The fraction of sp³-hybridized carbons (Fsp3) is 0.500. The fourth-order valence-corrected chi connectivity index (χ4v) is 1.42. The van der Waals surface area contributed by atoms with Gasteiger partial charge in [0.2, 0.25) is 0 Å². The zero-order valence-electron chi connectivity index (χ0n) is 8.28. The van der Waals surface area contributed by atoms with Crippen molar-refractivity contribution in [2.75, 3.05) is 6.26 Å². The molecular weight excluding hydrogens is 182 g/mol. The van der Waals surface area contributed by atoms with Crippen LogP contribution in [0.5, 0.6) is 0 Å². The van der Waals surface area contributed by atoms with Crippen molar-refractivity contribution in [2.24, 2.45) is 0 Å². The molecule has 1 heterocycles. The second kappa shape index (κ2) is 4.01. The van der Waals surface area contributed by atoms with Crippen LogP contribution in [0.25, 0.3) is 0 Å². The Bertz CT molecular complexity index is 291. The van der Waals surface area contributed by atoms with E-state index in [9.17, 15) is 4.79 Å². The Labute approximate surface area is 83.3 Å². The van der Waals surface area contributed by atoms with E-state index in [0.717, 1.165) is 18.5 Å². The number of carbonyl (C=O) groups excluding carboxylic acids is 1. The van der Waals surface area contributed by atoms with Crippen LogP contribution in [0.3, 0.4) is 0 Å². The molecule has 1 rings (SSSR count). The first kappa shape index (κ1) is 10.4. The topological polar surface area (TPSA) is 22.0 Å². The summed E-state index contributed by atoms with van der Waals surface area (Å²) in [6, 6.07) is 3.74. The Hall–Kier alpha value is -0.700. The third-order valence-electron chi connectivity index (χ3n) is 2.09. The molecule has 0 unspecified atom stereocenters. The van der Waals surface area contributed by atoms with Gasteiger partial charge in [0.15, 0.2) is 6.29 Å². The van der Waals surface area contributed by atoms with Gasteiger partial charge in [-0.2, -0.15) is 11.8 Å². The van der Waals surface area contributed by atoms with E-state index in [1.165, 1.54) is 0 Å². The van der Waals surface area contributed by atoms with E-state index in [2.05, 4.69) is 20.1 Å². The first-order valence-electron chi connectivity index (χ1n) is 4.24. The molecule has 2 nitrogen and oxygen atoms in total. The largest absolute Gasteiger partial charge is 0.344 e. The third-order valence-corrected chi connectivity index (χ3v) is 3.32. The number of hydrogen-bond acceptors (Lipinski definition) is 2. The Morgan fingerprint density at radius 3 is 2.85 bits per heavy atom. The lowest BCUT2D eigenvalue weighted by atomic mass is 10.2. The Morgan fingerprint density at radius 2 is 2.31 bits per heavy atom. The van der Waals surface area contributed by atoms with Crippen LogP contribution in [-0.4, -0.2) is 21.9 Å². The summed E-state index contributed by atoms with van der Waals surface area (Å²) in [4.78, 5) is 10.6. The molecule has 1 aromatic rings. The van der Waals surface area contributed by atoms with E-state index in [1.54, 1.807) is 0 Å². The molecule has 0 radical (unpaired) electrons. The zero-order chi connectivity index (χ0) is 9.90. The minimum Gasteiger partial charge on any atom is -0.344 e. The van der Waals surface area contributed by atoms with Gasteiger partial charge >= 0.3 is 0 Å². The van der Waals surface area contributed by atoms with Crippen molar-refractivity contribution in [3.63, 3.8) is 0 Å². The van der Waals surface area contributed by atoms with E-state index in [4.69, 9.17) is 0 Å². The standard InChI is InChI=1S/C10H15NOS/c1-10(2,13-3)8-11-6-4-5-9(11)7-12/h4-7H,8H2,1-3H3. The van der Waals surface area contributed by atoms with Gasteiger partial charge in [-0.15, -0.1) is 0 Å². The predicted molar refractivity (Wildman–Crippen MR) is 57.4 cm³/mol. The van der Waals surface area contributed by atoms with E-state index >= 15 is 0 Å². The van der Waals surface area contributed by atoms with Crippen molar-refractivity contribution < 1.29 is 4.79 Å². The van der Waals surface area contributed by atoms with Crippen molar-refractivity contribution in [1.29, 1.82) is 0 Å². The first-order chi connectivity index (χ1) is 6.09. The number of carbonyl (C=O) groups is 1. The van der Waals surface area contributed by atoms with Gasteiger partial charge in [-0.25, -0.2) is 0 Å². The summed E-state index contributed by atoms with van der Waals surface area (Å²) in [5.41, 5.74) is 0.752. The molecule has 0 amide bonds. The molecule has 0 aliphatic rings. The van der Waals surface area contributed by atoms with Gasteiger partial charge in [0.1, 0.15) is 0 Å².